The molecule has 0 amide bonds. The maximum atomic E-state index is 13.5. The van der Waals surface area contributed by atoms with Gasteiger partial charge in [0.2, 0.25) is 11.7 Å². The molecule has 0 aromatic carbocycles. The summed E-state index contributed by atoms with van der Waals surface area (Å²) >= 11 is 3.19. The van der Waals surface area contributed by atoms with Crippen molar-refractivity contribution in [1.82, 2.24) is 19.9 Å². The molecule has 0 spiro atoms. The molecule has 0 aliphatic carbocycles. The van der Waals surface area contributed by atoms with E-state index in [2.05, 4.69) is 40.6 Å². The van der Waals surface area contributed by atoms with Crippen LogP contribution in [0.15, 0.2) is 27.8 Å². The Hall–Kier alpha value is -2.67. The third kappa shape index (κ3) is 3.94. The lowest BCUT2D eigenvalue weighted by atomic mass is 10.3. The Labute approximate surface area is 173 Å². The van der Waals surface area contributed by atoms with Crippen LogP contribution in [0.25, 0.3) is 11.0 Å². The summed E-state index contributed by atoms with van der Waals surface area (Å²) in [6.07, 6.45) is 1.22. The molecule has 10 nitrogen and oxygen atoms in total. The largest absolute Gasteiger partial charge is 0.481 e. The highest BCUT2D eigenvalue weighted by atomic mass is 79.9. The first-order valence-electron chi connectivity index (χ1n) is 9.33. The van der Waals surface area contributed by atoms with Gasteiger partial charge in [-0.1, -0.05) is 0 Å². The van der Waals surface area contributed by atoms with Crippen LogP contribution in [0.5, 0.6) is 17.5 Å². The standard InChI is InChI=1S/C15H15BrFN5O5S/c1-25-13-11(27-6-5-17)14(26-2)21-15(20-13)22-28(23,24)9-7-18-12-8(9)3-4-10(16)19-12/h3-4,7H,5-6H2,1-2H3,(H,18,19)(H,20,21,22)/i5D2,6D2. The SMILES string of the molecule is [2H]C([2H])(F)C([2H])([2H])Oc1c(OC)nc(NS(=O)(=O)c2c[nH]c3nc(Br)ccc23)nc1OC. The van der Waals surface area contributed by atoms with Crippen LogP contribution in [0.1, 0.15) is 5.48 Å². The normalized spacial score (nSPS) is 14.6. The molecule has 0 fully saturated rings. The van der Waals surface area contributed by atoms with Crippen molar-refractivity contribution in [2.45, 2.75) is 4.90 Å². The fourth-order valence-corrected chi connectivity index (χ4v) is 3.66. The van der Waals surface area contributed by atoms with E-state index >= 15 is 0 Å². The molecule has 3 aromatic heterocycles. The second-order valence-corrected chi connectivity index (χ2v) is 7.45. The van der Waals surface area contributed by atoms with Gasteiger partial charge >= 0.3 is 0 Å². The molecule has 0 unspecified atom stereocenters. The summed E-state index contributed by atoms with van der Waals surface area (Å²) < 4.78 is 85.3. The van der Waals surface area contributed by atoms with Crippen molar-refractivity contribution in [2.75, 3.05) is 32.1 Å². The van der Waals surface area contributed by atoms with E-state index in [0.29, 0.717) is 10.3 Å². The van der Waals surface area contributed by atoms with Gasteiger partial charge in [0.1, 0.15) is 28.3 Å². The number of H-pyrrole nitrogens is 1. The average molecular weight is 480 g/mol. The minimum atomic E-state index is -4.24. The quantitative estimate of drug-likeness (QED) is 0.470. The summed E-state index contributed by atoms with van der Waals surface area (Å²) in [7, 11) is -2.05. The van der Waals surface area contributed by atoms with Crippen LogP contribution in [0.3, 0.4) is 0 Å². The van der Waals surface area contributed by atoms with Crippen LogP contribution in [0.2, 0.25) is 0 Å². The first-order chi connectivity index (χ1) is 14.8. The smallest absolute Gasteiger partial charge is 0.266 e. The maximum Gasteiger partial charge on any atom is 0.266 e. The van der Waals surface area contributed by atoms with Crippen LogP contribution in [0.4, 0.5) is 10.3 Å². The number of pyridine rings is 1. The Morgan fingerprint density at radius 1 is 1.25 bits per heavy atom. The number of alkyl halides is 1. The van der Waals surface area contributed by atoms with Gasteiger partial charge in [-0.25, -0.2) is 22.5 Å². The van der Waals surface area contributed by atoms with Crippen molar-refractivity contribution in [1.29, 1.82) is 0 Å². The number of rotatable bonds is 8. The summed E-state index contributed by atoms with van der Waals surface area (Å²) in [6, 6.07) is 3.09. The lowest BCUT2D eigenvalue weighted by molar-refractivity contribution is 0.240. The van der Waals surface area contributed by atoms with E-state index in [1.165, 1.54) is 12.3 Å². The summed E-state index contributed by atoms with van der Waals surface area (Å²) in [6.45, 7) is -7.37. The molecular weight excluding hydrogens is 461 g/mol. The lowest BCUT2D eigenvalue weighted by Crippen LogP contribution is -2.16. The minimum Gasteiger partial charge on any atom is -0.481 e. The maximum absolute atomic E-state index is 13.5. The molecule has 3 rings (SSSR count). The molecule has 3 aromatic rings. The highest BCUT2D eigenvalue weighted by molar-refractivity contribution is 9.10. The number of methoxy groups -OCH3 is 2. The molecule has 150 valence electrons. The number of anilines is 1. The number of hydrogen-bond acceptors (Lipinski definition) is 8. The Bertz CT molecular complexity index is 1250. The third-order valence-electron chi connectivity index (χ3n) is 3.36. The average Bonchev–Trinajstić information content (AvgIpc) is 3.11. The van der Waals surface area contributed by atoms with Crippen molar-refractivity contribution < 1.29 is 32.5 Å². The number of aromatic nitrogens is 4. The third-order valence-corrected chi connectivity index (χ3v) is 5.17. The van der Waals surface area contributed by atoms with E-state index in [1.807, 2.05) is 0 Å². The number of halogens is 2. The van der Waals surface area contributed by atoms with Crippen LogP contribution in [-0.2, 0) is 10.0 Å². The van der Waals surface area contributed by atoms with Gasteiger partial charge in [0, 0.05) is 11.6 Å². The zero-order chi connectivity index (χ0) is 23.9. The summed E-state index contributed by atoms with van der Waals surface area (Å²) in [4.78, 5) is 14.3. The van der Waals surface area contributed by atoms with Crippen LogP contribution in [-0.4, -0.2) is 55.8 Å². The van der Waals surface area contributed by atoms with Gasteiger partial charge in [-0.05, 0) is 28.1 Å². The van der Waals surface area contributed by atoms with Crippen LogP contribution < -0.4 is 18.9 Å². The molecule has 3 heterocycles. The number of aromatic amines is 1. The number of sulfonamides is 1. The Morgan fingerprint density at radius 3 is 2.54 bits per heavy atom. The molecule has 0 saturated heterocycles. The lowest BCUT2D eigenvalue weighted by Gasteiger charge is -2.14. The Balaban J connectivity index is 2.01. The van der Waals surface area contributed by atoms with Crippen LogP contribution in [0, 0.1) is 0 Å². The number of ether oxygens (including phenoxy) is 3. The van der Waals surface area contributed by atoms with Crippen molar-refractivity contribution in [3.8, 4) is 17.5 Å². The molecular formula is C15H15BrFN5O5S. The predicted octanol–water partition coefficient (Wildman–Crippen LogP) is 2.28. The highest BCUT2D eigenvalue weighted by Gasteiger charge is 2.24. The van der Waals surface area contributed by atoms with Gasteiger partial charge < -0.3 is 19.2 Å². The molecule has 0 bridgehead atoms. The van der Waals surface area contributed by atoms with E-state index in [-0.39, 0.29) is 10.3 Å². The van der Waals surface area contributed by atoms with E-state index < -0.39 is 46.7 Å². The fraction of sp³-hybridized carbons (Fsp3) is 0.267. The van der Waals surface area contributed by atoms with Crippen LogP contribution >= 0.6 is 15.9 Å². The second-order valence-electron chi connectivity index (χ2n) is 4.98. The summed E-state index contributed by atoms with van der Waals surface area (Å²) in [5.41, 5.74) is 0.308. The van der Waals surface area contributed by atoms with Gasteiger partial charge in [-0.15, -0.1) is 0 Å². The molecule has 0 radical (unpaired) electrons. The van der Waals surface area contributed by atoms with E-state index in [1.54, 1.807) is 6.07 Å². The van der Waals surface area contributed by atoms with Crippen molar-refractivity contribution in [2.24, 2.45) is 0 Å². The van der Waals surface area contributed by atoms with E-state index in [9.17, 15) is 12.8 Å². The first kappa shape index (κ1) is 15.3. The van der Waals surface area contributed by atoms with Gasteiger partial charge in [0.15, 0.2) is 0 Å². The summed E-state index contributed by atoms with van der Waals surface area (Å²) in [5, 5.41) is 0.290. The van der Waals surface area contributed by atoms with E-state index in [0.717, 1.165) is 14.2 Å². The Kier molecular flexibility index (Phi) is 4.44. The molecule has 0 atom stereocenters. The van der Waals surface area contributed by atoms with Gasteiger partial charge in [-0.3, -0.25) is 0 Å². The number of nitrogens with zero attached hydrogens (tertiary/aromatic N) is 3. The molecule has 0 aliphatic heterocycles. The number of nitrogens with one attached hydrogen (secondary N) is 2. The zero-order valence-corrected chi connectivity index (χ0v) is 16.7. The molecule has 13 heteroatoms. The monoisotopic (exact) mass is 479 g/mol. The predicted molar refractivity (Wildman–Crippen MR) is 101 cm³/mol. The first-order valence-corrected chi connectivity index (χ1v) is 9.61. The van der Waals surface area contributed by atoms with Gasteiger partial charge in [-0.2, -0.15) is 9.97 Å². The summed E-state index contributed by atoms with van der Waals surface area (Å²) in [5.74, 6) is -2.28. The molecule has 2 N–H and O–H groups in total. The van der Waals surface area contributed by atoms with Gasteiger partial charge in [0.05, 0.1) is 19.7 Å². The Morgan fingerprint density at radius 2 is 1.93 bits per heavy atom. The van der Waals surface area contributed by atoms with Crippen molar-refractivity contribution >= 4 is 42.9 Å². The second kappa shape index (κ2) is 8.14. The molecule has 0 aliphatic rings. The van der Waals surface area contributed by atoms with E-state index in [4.69, 9.17) is 19.7 Å². The number of fused-ring (bicyclic) bond motifs is 1. The van der Waals surface area contributed by atoms with Gasteiger partial charge in [0.25, 0.3) is 21.8 Å². The topological polar surface area (TPSA) is 128 Å². The molecule has 0 saturated carbocycles. The van der Waals surface area contributed by atoms with Crippen molar-refractivity contribution in [3.63, 3.8) is 0 Å². The molecule has 28 heavy (non-hydrogen) atoms. The highest BCUT2D eigenvalue weighted by Crippen LogP contribution is 2.35. The van der Waals surface area contributed by atoms with Crippen molar-refractivity contribution in [3.05, 3.63) is 22.9 Å². The number of hydrogen-bond donors (Lipinski definition) is 2. The zero-order valence-electron chi connectivity index (χ0n) is 18.3. The minimum absolute atomic E-state index is 0.156. The fourth-order valence-electron chi connectivity index (χ4n) is 2.24.